The summed E-state index contributed by atoms with van der Waals surface area (Å²) < 4.78 is 5.10. The normalized spacial score (nSPS) is 10.5. The molecule has 0 heterocycles. The fourth-order valence-corrected chi connectivity index (χ4v) is 1.22. The van der Waals surface area contributed by atoms with E-state index in [4.69, 9.17) is 4.74 Å². The van der Waals surface area contributed by atoms with E-state index in [1.54, 1.807) is 7.11 Å². The maximum Gasteiger partial charge on any atom is 0.136 e. The Morgan fingerprint density at radius 2 is 2.27 bits per heavy atom. The minimum Gasteiger partial charge on any atom is -0.497 e. The number of Topliss-reactive ketones (excluding diaryl/α,β-unsaturated/α-hetero) is 1. The van der Waals surface area contributed by atoms with Gasteiger partial charge in [0.15, 0.2) is 0 Å². The average molecular weight is 204 g/mol. The van der Waals surface area contributed by atoms with E-state index in [9.17, 15) is 4.79 Å². The fourth-order valence-electron chi connectivity index (χ4n) is 1.22. The number of hydrogen-bond acceptors (Lipinski definition) is 2. The molecule has 0 saturated heterocycles. The average Bonchev–Trinajstić information content (AvgIpc) is 2.29. The standard InChI is InChI=1S/C13H16O2/c1-3-12(14)8-4-6-11-7-5-9-13(10-11)15-2/h4-7,9-10H,3,8H2,1-2H3/b6-4+. The third-order valence-corrected chi connectivity index (χ3v) is 2.14. The number of benzene rings is 1. The number of methoxy groups -OCH3 is 1. The zero-order valence-corrected chi connectivity index (χ0v) is 9.19. The highest BCUT2D eigenvalue weighted by Crippen LogP contribution is 2.13. The smallest absolute Gasteiger partial charge is 0.136 e. The van der Waals surface area contributed by atoms with E-state index in [0.717, 1.165) is 11.3 Å². The van der Waals surface area contributed by atoms with Crippen molar-refractivity contribution in [2.75, 3.05) is 7.11 Å². The molecule has 2 nitrogen and oxygen atoms in total. The molecule has 0 unspecified atom stereocenters. The first-order valence-electron chi connectivity index (χ1n) is 5.08. The highest BCUT2D eigenvalue weighted by molar-refractivity contribution is 5.80. The number of carbonyl (C=O) groups is 1. The number of ketones is 1. The SMILES string of the molecule is CCC(=O)C/C=C/c1cccc(OC)c1. The molecule has 0 radical (unpaired) electrons. The van der Waals surface area contributed by atoms with Crippen LogP contribution in [0, 0.1) is 0 Å². The van der Waals surface area contributed by atoms with E-state index >= 15 is 0 Å². The minimum atomic E-state index is 0.258. The third kappa shape index (κ3) is 3.98. The van der Waals surface area contributed by atoms with Gasteiger partial charge in [0.05, 0.1) is 7.11 Å². The maximum absolute atomic E-state index is 11.0. The van der Waals surface area contributed by atoms with Crippen LogP contribution in [-0.4, -0.2) is 12.9 Å². The van der Waals surface area contributed by atoms with Crippen molar-refractivity contribution in [3.8, 4) is 5.75 Å². The second-order valence-corrected chi connectivity index (χ2v) is 3.28. The summed E-state index contributed by atoms with van der Waals surface area (Å²) in [5, 5.41) is 0. The summed E-state index contributed by atoms with van der Waals surface area (Å²) in [6.07, 6.45) is 4.94. The molecule has 2 heteroatoms. The molecule has 1 aromatic carbocycles. The quantitative estimate of drug-likeness (QED) is 0.736. The molecule has 80 valence electrons. The van der Waals surface area contributed by atoms with Crippen molar-refractivity contribution in [2.45, 2.75) is 19.8 Å². The predicted octanol–water partition coefficient (Wildman–Crippen LogP) is 3.08. The number of carbonyl (C=O) groups excluding carboxylic acids is 1. The van der Waals surface area contributed by atoms with Crippen molar-refractivity contribution in [2.24, 2.45) is 0 Å². The Balaban J connectivity index is 2.59. The van der Waals surface area contributed by atoms with Crippen LogP contribution in [0.15, 0.2) is 30.3 Å². The van der Waals surface area contributed by atoms with E-state index in [-0.39, 0.29) is 5.78 Å². The second-order valence-electron chi connectivity index (χ2n) is 3.28. The molecule has 0 atom stereocenters. The number of ether oxygens (including phenoxy) is 1. The molecule has 0 aliphatic rings. The van der Waals surface area contributed by atoms with Gasteiger partial charge in [-0.25, -0.2) is 0 Å². The van der Waals surface area contributed by atoms with Gasteiger partial charge >= 0.3 is 0 Å². The van der Waals surface area contributed by atoms with Crippen LogP contribution in [0.4, 0.5) is 0 Å². The Hall–Kier alpha value is -1.57. The van der Waals surface area contributed by atoms with Crippen LogP contribution in [0.5, 0.6) is 5.75 Å². The topological polar surface area (TPSA) is 26.3 Å². The van der Waals surface area contributed by atoms with E-state index in [2.05, 4.69) is 0 Å². The molecule has 15 heavy (non-hydrogen) atoms. The first kappa shape index (κ1) is 11.5. The van der Waals surface area contributed by atoms with E-state index in [1.807, 2.05) is 43.3 Å². The van der Waals surface area contributed by atoms with Gasteiger partial charge in [0, 0.05) is 12.8 Å². The molecule has 1 aromatic rings. The van der Waals surface area contributed by atoms with Crippen LogP contribution in [0.3, 0.4) is 0 Å². The fraction of sp³-hybridized carbons (Fsp3) is 0.308. The minimum absolute atomic E-state index is 0.258. The number of rotatable bonds is 5. The Kier molecular flexibility index (Phi) is 4.61. The molecule has 0 amide bonds. The molecule has 0 aromatic heterocycles. The van der Waals surface area contributed by atoms with Crippen molar-refractivity contribution in [3.63, 3.8) is 0 Å². The molecule has 0 N–H and O–H groups in total. The summed E-state index contributed by atoms with van der Waals surface area (Å²) in [6, 6.07) is 7.75. The first-order chi connectivity index (χ1) is 7.26. The van der Waals surface area contributed by atoms with Gasteiger partial charge in [-0.05, 0) is 17.7 Å². The summed E-state index contributed by atoms with van der Waals surface area (Å²) in [7, 11) is 1.64. The number of hydrogen-bond donors (Lipinski definition) is 0. The Labute approximate surface area is 90.6 Å². The highest BCUT2D eigenvalue weighted by atomic mass is 16.5. The molecule has 0 aliphatic heterocycles. The van der Waals surface area contributed by atoms with Crippen LogP contribution >= 0.6 is 0 Å². The summed E-state index contributed by atoms with van der Waals surface area (Å²) in [5.41, 5.74) is 1.05. The van der Waals surface area contributed by atoms with Crippen LogP contribution in [0.25, 0.3) is 6.08 Å². The molecule has 1 rings (SSSR count). The predicted molar refractivity (Wildman–Crippen MR) is 61.9 cm³/mol. The van der Waals surface area contributed by atoms with Gasteiger partial charge in [0.2, 0.25) is 0 Å². The lowest BCUT2D eigenvalue weighted by molar-refractivity contribution is -0.117. The van der Waals surface area contributed by atoms with Crippen molar-refractivity contribution < 1.29 is 9.53 Å². The molecular weight excluding hydrogens is 188 g/mol. The Morgan fingerprint density at radius 1 is 1.47 bits per heavy atom. The summed E-state index contributed by atoms with van der Waals surface area (Å²) >= 11 is 0. The first-order valence-corrected chi connectivity index (χ1v) is 5.08. The van der Waals surface area contributed by atoms with Gasteiger partial charge in [-0.3, -0.25) is 4.79 Å². The summed E-state index contributed by atoms with van der Waals surface area (Å²) in [5.74, 6) is 1.09. The molecule has 0 bridgehead atoms. The third-order valence-electron chi connectivity index (χ3n) is 2.14. The molecule has 0 spiro atoms. The van der Waals surface area contributed by atoms with Gasteiger partial charge in [-0.15, -0.1) is 0 Å². The van der Waals surface area contributed by atoms with E-state index < -0.39 is 0 Å². The second kappa shape index (κ2) is 6.02. The van der Waals surface area contributed by atoms with Crippen LogP contribution in [0.1, 0.15) is 25.3 Å². The summed E-state index contributed by atoms with van der Waals surface area (Å²) in [6.45, 7) is 1.88. The largest absolute Gasteiger partial charge is 0.497 e. The molecular formula is C13H16O2. The van der Waals surface area contributed by atoms with Crippen LogP contribution in [0.2, 0.25) is 0 Å². The van der Waals surface area contributed by atoms with Crippen molar-refractivity contribution >= 4 is 11.9 Å². The van der Waals surface area contributed by atoms with Crippen molar-refractivity contribution in [1.82, 2.24) is 0 Å². The Bertz CT molecular complexity index is 353. The van der Waals surface area contributed by atoms with Crippen molar-refractivity contribution in [1.29, 1.82) is 0 Å². The van der Waals surface area contributed by atoms with Gasteiger partial charge < -0.3 is 4.74 Å². The maximum atomic E-state index is 11.0. The highest BCUT2D eigenvalue weighted by Gasteiger charge is 1.94. The summed E-state index contributed by atoms with van der Waals surface area (Å²) in [4.78, 5) is 11.0. The molecule has 0 aliphatic carbocycles. The van der Waals surface area contributed by atoms with Crippen molar-refractivity contribution in [3.05, 3.63) is 35.9 Å². The monoisotopic (exact) mass is 204 g/mol. The molecule has 0 fully saturated rings. The van der Waals surface area contributed by atoms with E-state index in [0.29, 0.717) is 12.8 Å². The zero-order valence-electron chi connectivity index (χ0n) is 9.19. The van der Waals surface area contributed by atoms with E-state index in [1.165, 1.54) is 0 Å². The Morgan fingerprint density at radius 3 is 2.93 bits per heavy atom. The zero-order chi connectivity index (χ0) is 11.1. The van der Waals surface area contributed by atoms with Gasteiger partial charge in [-0.1, -0.05) is 31.2 Å². The molecule has 0 saturated carbocycles. The lowest BCUT2D eigenvalue weighted by atomic mass is 10.1. The van der Waals surface area contributed by atoms with Crippen LogP contribution in [-0.2, 0) is 4.79 Å². The van der Waals surface area contributed by atoms with Gasteiger partial charge in [-0.2, -0.15) is 0 Å². The lowest BCUT2D eigenvalue weighted by Gasteiger charge is -1.99. The van der Waals surface area contributed by atoms with Gasteiger partial charge in [0.1, 0.15) is 11.5 Å². The van der Waals surface area contributed by atoms with Gasteiger partial charge in [0.25, 0.3) is 0 Å². The number of allylic oxidation sites excluding steroid dienone is 1. The lowest BCUT2D eigenvalue weighted by Crippen LogP contribution is -1.90. The van der Waals surface area contributed by atoms with Crippen LogP contribution < -0.4 is 4.74 Å².